The number of carbonyl (C=O) groups is 2. The van der Waals surface area contributed by atoms with Crippen molar-refractivity contribution < 1.29 is 9.59 Å². The average Bonchev–Trinajstić information content (AvgIpc) is 3.12. The van der Waals surface area contributed by atoms with Crippen molar-refractivity contribution in [2.24, 2.45) is 0 Å². The van der Waals surface area contributed by atoms with Gasteiger partial charge in [0.25, 0.3) is 5.91 Å². The van der Waals surface area contributed by atoms with Gasteiger partial charge in [0.05, 0.1) is 8.66 Å². The molecular weight excluding hydrogens is 444 g/mol. The highest BCUT2D eigenvalue weighted by molar-refractivity contribution is 9.11. The third-order valence-corrected chi connectivity index (χ3v) is 5.83. The molecule has 7 heteroatoms. The molecule has 1 aromatic heterocycles. The Hall–Kier alpha value is -1.18. The van der Waals surface area contributed by atoms with Crippen LogP contribution in [0.25, 0.3) is 0 Å². The zero-order valence-corrected chi connectivity index (χ0v) is 16.3. The smallest absolute Gasteiger partial charge is 0.262 e. The van der Waals surface area contributed by atoms with E-state index in [0.29, 0.717) is 11.4 Å². The van der Waals surface area contributed by atoms with Gasteiger partial charge in [-0.2, -0.15) is 0 Å². The molecule has 4 nitrogen and oxygen atoms in total. The lowest BCUT2D eigenvalue weighted by Crippen LogP contribution is -2.46. The fourth-order valence-electron chi connectivity index (χ4n) is 2.60. The second-order valence-electron chi connectivity index (χ2n) is 5.31. The summed E-state index contributed by atoms with van der Waals surface area (Å²) in [5, 5.41) is 2.78. The molecule has 1 aromatic carbocycles. The topological polar surface area (TPSA) is 49.4 Å². The lowest BCUT2D eigenvalue weighted by molar-refractivity contribution is -0.119. The van der Waals surface area contributed by atoms with Crippen molar-refractivity contribution in [3.63, 3.8) is 0 Å². The summed E-state index contributed by atoms with van der Waals surface area (Å²) in [6.07, 6.45) is 0.832. The Morgan fingerprint density at radius 1 is 1.26 bits per heavy atom. The highest BCUT2D eigenvalue weighted by Gasteiger charge is 2.29. The van der Waals surface area contributed by atoms with E-state index in [4.69, 9.17) is 0 Å². The maximum absolute atomic E-state index is 12.7. The van der Waals surface area contributed by atoms with Crippen LogP contribution in [0.15, 0.2) is 38.6 Å². The number of hydrogen-bond donors (Lipinski definition) is 1. The second-order valence-corrected chi connectivity index (χ2v) is 8.69. The Morgan fingerprint density at radius 2 is 2.04 bits per heavy atom. The van der Waals surface area contributed by atoms with E-state index >= 15 is 0 Å². The molecule has 120 valence electrons. The molecule has 2 heterocycles. The minimum Gasteiger partial charge on any atom is -0.340 e. The summed E-state index contributed by atoms with van der Waals surface area (Å²) in [6, 6.07) is 8.89. The number of nitrogens with zero attached hydrogens (tertiary/aromatic N) is 1. The summed E-state index contributed by atoms with van der Waals surface area (Å²) in [5.41, 5.74) is 2.08. The summed E-state index contributed by atoms with van der Waals surface area (Å²) in [6.45, 7) is 2.37. The summed E-state index contributed by atoms with van der Waals surface area (Å²) in [4.78, 5) is 27.2. The Balaban J connectivity index is 1.70. The van der Waals surface area contributed by atoms with Crippen LogP contribution in [-0.2, 0) is 11.2 Å². The molecule has 1 N–H and O–H groups in total. The standard InChI is InChI=1S/C16H14Br2N2O2S/c1-9(19-15(21)13-4-5-14(18)23-13)16(22)20-7-6-10-8-11(17)2-3-12(10)20/h2-5,8-9H,6-7H2,1H3,(H,19,21). The minimum absolute atomic E-state index is 0.0879. The lowest BCUT2D eigenvalue weighted by atomic mass is 10.2. The number of rotatable bonds is 3. The van der Waals surface area contributed by atoms with E-state index in [1.807, 2.05) is 24.3 Å². The second kappa shape index (κ2) is 6.75. The molecule has 1 aliphatic rings. The summed E-state index contributed by atoms with van der Waals surface area (Å²) in [5.74, 6) is -0.313. The number of nitrogens with one attached hydrogen (secondary N) is 1. The number of carbonyl (C=O) groups excluding carboxylic acids is 2. The van der Waals surface area contributed by atoms with Crippen LogP contribution >= 0.6 is 43.2 Å². The number of amides is 2. The van der Waals surface area contributed by atoms with Crippen LogP contribution in [0.4, 0.5) is 5.69 Å². The van der Waals surface area contributed by atoms with E-state index in [1.54, 1.807) is 17.9 Å². The van der Waals surface area contributed by atoms with Crippen molar-refractivity contribution >= 4 is 60.7 Å². The summed E-state index contributed by atoms with van der Waals surface area (Å²) in [7, 11) is 0. The van der Waals surface area contributed by atoms with Crippen molar-refractivity contribution in [2.45, 2.75) is 19.4 Å². The molecule has 1 aliphatic heterocycles. The van der Waals surface area contributed by atoms with E-state index < -0.39 is 6.04 Å². The fourth-order valence-corrected chi connectivity index (χ4v) is 4.30. The Labute approximate surface area is 155 Å². The quantitative estimate of drug-likeness (QED) is 0.757. The molecule has 0 fully saturated rings. The van der Waals surface area contributed by atoms with Gasteiger partial charge in [0.1, 0.15) is 6.04 Å². The number of anilines is 1. The average molecular weight is 458 g/mol. The summed E-state index contributed by atoms with van der Waals surface area (Å²) < 4.78 is 1.90. The van der Waals surface area contributed by atoms with E-state index in [-0.39, 0.29) is 11.8 Å². The molecule has 2 aromatic rings. The molecule has 2 amide bonds. The van der Waals surface area contributed by atoms with Gasteiger partial charge in [-0.3, -0.25) is 9.59 Å². The Kier molecular flexibility index (Phi) is 4.89. The van der Waals surface area contributed by atoms with Gasteiger partial charge in [-0.15, -0.1) is 11.3 Å². The van der Waals surface area contributed by atoms with Gasteiger partial charge in [-0.25, -0.2) is 0 Å². The molecule has 0 aliphatic carbocycles. The minimum atomic E-state index is -0.571. The van der Waals surface area contributed by atoms with Crippen molar-refractivity contribution in [3.05, 3.63) is 49.0 Å². The number of benzene rings is 1. The van der Waals surface area contributed by atoms with Gasteiger partial charge in [-0.1, -0.05) is 15.9 Å². The van der Waals surface area contributed by atoms with E-state index in [9.17, 15) is 9.59 Å². The molecule has 0 bridgehead atoms. The van der Waals surface area contributed by atoms with Gasteiger partial charge in [0.15, 0.2) is 0 Å². The first-order chi connectivity index (χ1) is 11.0. The SMILES string of the molecule is CC(NC(=O)c1ccc(Br)s1)C(=O)N1CCc2cc(Br)ccc21. The zero-order valence-electron chi connectivity index (χ0n) is 12.3. The number of fused-ring (bicyclic) bond motifs is 1. The molecular formula is C16H14Br2N2O2S. The normalized spacial score (nSPS) is 14.5. The molecule has 0 saturated carbocycles. The molecule has 0 saturated heterocycles. The molecule has 0 radical (unpaired) electrons. The van der Waals surface area contributed by atoms with Crippen molar-refractivity contribution in [1.29, 1.82) is 0 Å². The van der Waals surface area contributed by atoms with Crippen LogP contribution in [0.3, 0.4) is 0 Å². The first kappa shape index (κ1) is 16.7. The van der Waals surface area contributed by atoms with Gasteiger partial charge in [0.2, 0.25) is 5.91 Å². The van der Waals surface area contributed by atoms with Crippen LogP contribution in [-0.4, -0.2) is 24.4 Å². The largest absolute Gasteiger partial charge is 0.340 e. The molecule has 1 atom stereocenters. The third kappa shape index (κ3) is 3.51. The van der Waals surface area contributed by atoms with Crippen LogP contribution in [0, 0.1) is 0 Å². The first-order valence-electron chi connectivity index (χ1n) is 7.11. The number of halogens is 2. The first-order valence-corrected chi connectivity index (χ1v) is 9.52. The van der Waals surface area contributed by atoms with E-state index in [2.05, 4.69) is 37.2 Å². The highest BCUT2D eigenvalue weighted by atomic mass is 79.9. The van der Waals surface area contributed by atoms with Crippen molar-refractivity contribution in [3.8, 4) is 0 Å². The maximum atomic E-state index is 12.7. The molecule has 1 unspecified atom stereocenters. The lowest BCUT2D eigenvalue weighted by Gasteiger charge is -2.22. The van der Waals surface area contributed by atoms with Crippen LogP contribution in [0.2, 0.25) is 0 Å². The Bertz CT molecular complexity index is 775. The van der Waals surface area contributed by atoms with Crippen LogP contribution in [0.1, 0.15) is 22.2 Å². The van der Waals surface area contributed by atoms with Crippen molar-refractivity contribution in [2.75, 3.05) is 11.4 Å². The number of thiophene rings is 1. The van der Waals surface area contributed by atoms with E-state index in [1.165, 1.54) is 11.3 Å². The highest BCUT2D eigenvalue weighted by Crippen LogP contribution is 2.31. The molecule has 0 spiro atoms. The van der Waals surface area contributed by atoms with Crippen molar-refractivity contribution in [1.82, 2.24) is 5.32 Å². The van der Waals surface area contributed by atoms with Gasteiger partial charge < -0.3 is 10.2 Å². The van der Waals surface area contributed by atoms with Gasteiger partial charge >= 0.3 is 0 Å². The molecule has 3 rings (SSSR count). The zero-order chi connectivity index (χ0) is 16.6. The van der Waals surface area contributed by atoms with E-state index in [0.717, 1.165) is 25.9 Å². The third-order valence-electron chi connectivity index (χ3n) is 3.72. The molecule has 23 heavy (non-hydrogen) atoms. The monoisotopic (exact) mass is 456 g/mol. The van der Waals surface area contributed by atoms with Gasteiger partial charge in [-0.05, 0) is 65.2 Å². The number of hydrogen-bond acceptors (Lipinski definition) is 3. The fraction of sp³-hybridized carbons (Fsp3) is 0.250. The Morgan fingerprint density at radius 3 is 2.74 bits per heavy atom. The summed E-state index contributed by atoms with van der Waals surface area (Å²) >= 11 is 8.13. The van der Waals surface area contributed by atoms with Crippen LogP contribution < -0.4 is 10.2 Å². The predicted octanol–water partition coefficient (Wildman–Crippen LogP) is 3.98. The maximum Gasteiger partial charge on any atom is 0.262 e. The predicted molar refractivity (Wildman–Crippen MR) is 99.1 cm³/mol. The van der Waals surface area contributed by atoms with Gasteiger partial charge in [0, 0.05) is 16.7 Å². The van der Waals surface area contributed by atoms with Crippen LogP contribution in [0.5, 0.6) is 0 Å².